The topological polar surface area (TPSA) is 46.3 Å². The lowest BCUT2D eigenvalue weighted by Crippen LogP contribution is -2.51. The number of carbonyl (C=O) groups excluding carboxylic acids is 1. The van der Waals surface area contributed by atoms with Gasteiger partial charge in [0.25, 0.3) is 0 Å². The SMILES string of the molecule is CC(C)CCC(=O)N1CCCCC1C(C)N. The zero-order valence-corrected chi connectivity index (χ0v) is 10.9. The summed E-state index contributed by atoms with van der Waals surface area (Å²) in [5.41, 5.74) is 5.96. The minimum atomic E-state index is 0.100. The summed E-state index contributed by atoms with van der Waals surface area (Å²) in [5, 5.41) is 0. The fourth-order valence-corrected chi connectivity index (χ4v) is 2.37. The van der Waals surface area contributed by atoms with Crippen molar-refractivity contribution in [3.8, 4) is 0 Å². The molecule has 0 aliphatic carbocycles. The number of carbonyl (C=O) groups is 1. The summed E-state index contributed by atoms with van der Waals surface area (Å²) in [6.45, 7) is 7.24. The van der Waals surface area contributed by atoms with Gasteiger partial charge >= 0.3 is 0 Å². The molecule has 0 aromatic heterocycles. The zero-order valence-electron chi connectivity index (χ0n) is 10.9. The Kier molecular flexibility index (Phi) is 5.26. The second-order valence-electron chi connectivity index (χ2n) is 5.44. The first kappa shape index (κ1) is 13.5. The lowest BCUT2D eigenvalue weighted by molar-refractivity contribution is -0.135. The van der Waals surface area contributed by atoms with Crippen LogP contribution in [0.25, 0.3) is 0 Å². The van der Waals surface area contributed by atoms with Crippen molar-refractivity contribution in [3.05, 3.63) is 0 Å². The maximum absolute atomic E-state index is 12.1. The second kappa shape index (κ2) is 6.24. The number of hydrogen-bond donors (Lipinski definition) is 1. The fraction of sp³-hybridized carbons (Fsp3) is 0.923. The maximum Gasteiger partial charge on any atom is 0.222 e. The number of likely N-dealkylation sites (tertiary alicyclic amines) is 1. The van der Waals surface area contributed by atoms with Crippen molar-refractivity contribution in [2.75, 3.05) is 6.54 Å². The lowest BCUT2D eigenvalue weighted by atomic mass is 9.96. The number of piperidine rings is 1. The van der Waals surface area contributed by atoms with Gasteiger partial charge in [-0.25, -0.2) is 0 Å². The van der Waals surface area contributed by atoms with Gasteiger partial charge in [-0.2, -0.15) is 0 Å². The zero-order chi connectivity index (χ0) is 12.1. The smallest absolute Gasteiger partial charge is 0.222 e. The molecule has 1 saturated heterocycles. The number of amides is 1. The van der Waals surface area contributed by atoms with Gasteiger partial charge in [0.05, 0.1) is 0 Å². The quantitative estimate of drug-likeness (QED) is 0.798. The van der Waals surface area contributed by atoms with Crippen LogP contribution in [0.5, 0.6) is 0 Å². The van der Waals surface area contributed by atoms with E-state index in [9.17, 15) is 4.79 Å². The number of hydrogen-bond acceptors (Lipinski definition) is 2. The van der Waals surface area contributed by atoms with Gasteiger partial charge in [-0.1, -0.05) is 13.8 Å². The highest BCUT2D eigenvalue weighted by Crippen LogP contribution is 2.20. The first-order chi connectivity index (χ1) is 7.52. The van der Waals surface area contributed by atoms with Gasteiger partial charge < -0.3 is 10.6 Å². The van der Waals surface area contributed by atoms with E-state index in [4.69, 9.17) is 5.73 Å². The Bertz CT molecular complexity index is 226. The molecule has 2 N–H and O–H groups in total. The molecule has 1 aliphatic heterocycles. The summed E-state index contributed by atoms with van der Waals surface area (Å²) in [7, 11) is 0. The van der Waals surface area contributed by atoms with Gasteiger partial charge in [0.2, 0.25) is 5.91 Å². The molecule has 0 radical (unpaired) electrons. The molecule has 3 nitrogen and oxygen atoms in total. The van der Waals surface area contributed by atoms with Gasteiger partial charge in [0.15, 0.2) is 0 Å². The van der Waals surface area contributed by atoms with Crippen molar-refractivity contribution in [2.24, 2.45) is 11.7 Å². The van der Waals surface area contributed by atoms with Crippen molar-refractivity contribution in [1.82, 2.24) is 4.90 Å². The normalized spacial score (nSPS) is 23.6. The average molecular weight is 226 g/mol. The van der Waals surface area contributed by atoms with Crippen LogP contribution >= 0.6 is 0 Å². The molecule has 0 bridgehead atoms. The third-order valence-corrected chi connectivity index (χ3v) is 3.41. The molecule has 0 aromatic carbocycles. The summed E-state index contributed by atoms with van der Waals surface area (Å²) in [6.07, 6.45) is 5.09. The van der Waals surface area contributed by atoms with Crippen molar-refractivity contribution in [2.45, 2.75) is 65.0 Å². The standard InChI is InChI=1S/C13H26N2O/c1-10(2)7-8-13(16)15-9-5-4-6-12(15)11(3)14/h10-12H,4-9,14H2,1-3H3. The van der Waals surface area contributed by atoms with Crippen LogP contribution in [0.1, 0.15) is 52.9 Å². The van der Waals surface area contributed by atoms with Crippen LogP contribution in [0.2, 0.25) is 0 Å². The van der Waals surface area contributed by atoms with Crippen LogP contribution in [-0.2, 0) is 4.79 Å². The molecule has 3 heteroatoms. The minimum Gasteiger partial charge on any atom is -0.338 e. The van der Waals surface area contributed by atoms with Gasteiger partial charge in [0.1, 0.15) is 0 Å². The Morgan fingerprint density at radius 1 is 1.38 bits per heavy atom. The molecule has 0 aromatic rings. The van der Waals surface area contributed by atoms with Crippen molar-refractivity contribution in [3.63, 3.8) is 0 Å². The average Bonchev–Trinajstić information content (AvgIpc) is 2.25. The molecule has 1 fully saturated rings. The molecule has 1 aliphatic rings. The van der Waals surface area contributed by atoms with E-state index >= 15 is 0 Å². The lowest BCUT2D eigenvalue weighted by Gasteiger charge is -2.38. The van der Waals surface area contributed by atoms with E-state index in [1.54, 1.807) is 0 Å². The monoisotopic (exact) mass is 226 g/mol. The van der Waals surface area contributed by atoms with E-state index < -0.39 is 0 Å². The number of nitrogens with two attached hydrogens (primary N) is 1. The molecule has 16 heavy (non-hydrogen) atoms. The van der Waals surface area contributed by atoms with Crippen molar-refractivity contribution >= 4 is 5.91 Å². The van der Waals surface area contributed by atoms with Crippen LogP contribution < -0.4 is 5.73 Å². The Morgan fingerprint density at radius 3 is 2.62 bits per heavy atom. The predicted octanol–water partition coefficient (Wildman–Crippen LogP) is 2.15. The van der Waals surface area contributed by atoms with E-state index in [1.165, 1.54) is 6.42 Å². The Morgan fingerprint density at radius 2 is 2.06 bits per heavy atom. The molecule has 2 atom stereocenters. The molecular weight excluding hydrogens is 200 g/mol. The van der Waals surface area contributed by atoms with Gasteiger partial charge in [-0.3, -0.25) is 4.79 Å². The van der Waals surface area contributed by atoms with Crippen LogP contribution in [0.15, 0.2) is 0 Å². The third kappa shape index (κ3) is 3.78. The molecule has 0 saturated carbocycles. The van der Waals surface area contributed by atoms with Crippen molar-refractivity contribution in [1.29, 1.82) is 0 Å². The molecule has 2 unspecified atom stereocenters. The van der Waals surface area contributed by atoms with Gasteiger partial charge in [-0.15, -0.1) is 0 Å². The Hall–Kier alpha value is -0.570. The largest absolute Gasteiger partial charge is 0.338 e. The highest BCUT2D eigenvalue weighted by molar-refractivity contribution is 5.76. The Balaban J connectivity index is 2.50. The minimum absolute atomic E-state index is 0.100. The van der Waals surface area contributed by atoms with Crippen LogP contribution in [0.4, 0.5) is 0 Å². The molecule has 1 rings (SSSR count). The maximum atomic E-state index is 12.1. The number of nitrogens with zero attached hydrogens (tertiary/aromatic N) is 1. The van der Waals surface area contributed by atoms with E-state index in [0.717, 1.165) is 25.8 Å². The fourth-order valence-electron chi connectivity index (χ4n) is 2.37. The summed E-state index contributed by atoms with van der Waals surface area (Å²) in [5.74, 6) is 0.901. The van der Waals surface area contributed by atoms with E-state index in [0.29, 0.717) is 18.2 Å². The van der Waals surface area contributed by atoms with Crippen LogP contribution in [0.3, 0.4) is 0 Å². The van der Waals surface area contributed by atoms with Crippen LogP contribution in [-0.4, -0.2) is 29.4 Å². The first-order valence-corrected chi connectivity index (χ1v) is 6.57. The summed E-state index contributed by atoms with van der Waals surface area (Å²) in [6, 6.07) is 0.372. The summed E-state index contributed by atoms with van der Waals surface area (Å²) in [4.78, 5) is 14.1. The molecule has 0 spiro atoms. The molecule has 1 heterocycles. The van der Waals surface area contributed by atoms with Gasteiger partial charge in [0, 0.05) is 25.0 Å². The number of rotatable bonds is 4. The van der Waals surface area contributed by atoms with Gasteiger partial charge in [-0.05, 0) is 38.5 Å². The molecule has 1 amide bonds. The Labute approximate surface area is 99.4 Å². The van der Waals surface area contributed by atoms with Crippen molar-refractivity contribution < 1.29 is 4.79 Å². The first-order valence-electron chi connectivity index (χ1n) is 6.57. The second-order valence-corrected chi connectivity index (χ2v) is 5.44. The molecular formula is C13H26N2O. The predicted molar refractivity (Wildman–Crippen MR) is 67.1 cm³/mol. The van der Waals surface area contributed by atoms with E-state index in [2.05, 4.69) is 13.8 Å². The van der Waals surface area contributed by atoms with E-state index in [-0.39, 0.29) is 12.1 Å². The van der Waals surface area contributed by atoms with Crippen LogP contribution in [0, 0.1) is 5.92 Å². The molecule has 94 valence electrons. The third-order valence-electron chi connectivity index (χ3n) is 3.41. The summed E-state index contributed by atoms with van der Waals surface area (Å²) >= 11 is 0. The highest BCUT2D eigenvalue weighted by atomic mass is 16.2. The highest BCUT2D eigenvalue weighted by Gasteiger charge is 2.28. The summed E-state index contributed by atoms with van der Waals surface area (Å²) < 4.78 is 0. The van der Waals surface area contributed by atoms with E-state index in [1.807, 2.05) is 11.8 Å².